The first kappa shape index (κ1) is 16.5. The third kappa shape index (κ3) is 5.82. The van der Waals surface area contributed by atoms with Crippen molar-refractivity contribution in [3.63, 3.8) is 0 Å². The van der Waals surface area contributed by atoms with Crippen molar-refractivity contribution in [1.82, 2.24) is 0 Å². The number of carbonyl (C=O) groups excluding carboxylic acids is 2. The van der Waals surface area contributed by atoms with E-state index in [1.165, 1.54) is 12.7 Å². The van der Waals surface area contributed by atoms with Crippen molar-refractivity contribution in [3.05, 3.63) is 60.2 Å². The van der Waals surface area contributed by atoms with Crippen molar-refractivity contribution in [1.29, 1.82) is 0 Å². The van der Waals surface area contributed by atoms with Crippen LogP contribution in [0.2, 0.25) is 0 Å². The van der Waals surface area contributed by atoms with Gasteiger partial charge < -0.3 is 14.8 Å². The average Bonchev–Trinajstić information content (AvgIpc) is 2.56. The number of anilines is 1. The van der Waals surface area contributed by atoms with Crippen LogP contribution in [0.5, 0.6) is 5.75 Å². The first-order valence-electron chi connectivity index (χ1n) is 7.31. The molecule has 0 atom stereocenters. The summed E-state index contributed by atoms with van der Waals surface area (Å²) in [5.74, 6) is -0.326. The predicted octanol–water partition coefficient (Wildman–Crippen LogP) is 2.81. The van der Waals surface area contributed by atoms with Crippen LogP contribution >= 0.6 is 0 Å². The molecule has 0 aromatic heterocycles. The van der Waals surface area contributed by atoms with Crippen LogP contribution in [0.1, 0.15) is 12.0 Å². The highest BCUT2D eigenvalue weighted by Crippen LogP contribution is 2.18. The first-order chi connectivity index (χ1) is 11.2. The Morgan fingerprint density at radius 2 is 1.83 bits per heavy atom. The maximum absolute atomic E-state index is 11.6. The van der Waals surface area contributed by atoms with Gasteiger partial charge in [-0.3, -0.25) is 9.59 Å². The molecule has 1 N–H and O–H groups in total. The van der Waals surface area contributed by atoms with E-state index in [1.54, 1.807) is 18.2 Å². The van der Waals surface area contributed by atoms with Gasteiger partial charge in [0.1, 0.15) is 12.2 Å². The van der Waals surface area contributed by atoms with E-state index in [0.29, 0.717) is 18.0 Å². The lowest BCUT2D eigenvalue weighted by atomic mass is 10.2. The van der Waals surface area contributed by atoms with Crippen LogP contribution in [0.3, 0.4) is 0 Å². The Morgan fingerprint density at radius 1 is 1.04 bits per heavy atom. The fourth-order valence-electron chi connectivity index (χ4n) is 2.00. The molecule has 0 aliphatic heterocycles. The van der Waals surface area contributed by atoms with Crippen LogP contribution in [0.25, 0.3) is 0 Å². The third-order valence-corrected chi connectivity index (χ3v) is 3.15. The zero-order valence-corrected chi connectivity index (χ0v) is 13.0. The van der Waals surface area contributed by atoms with E-state index in [-0.39, 0.29) is 6.42 Å². The molecule has 0 aliphatic carbocycles. The van der Waals surface area contributed by atoms with Crippen molar-refractivity contribution < 1.29 is 19.1 Å². The standard InChI is InChI=1S/C18H19NO4/c1-22-18(21)13-17(20)19-15-8-5-9-16(12-15)23-11-10-14-6-3-2-4-7-14/h2-9,12H,10-11,13H2,1H3,(H,19,20). The van der Waals surface area contributed by atoms with E-state index >= 15 is 0 Å². The number of hydrogen-bond acceptors (Lipinski definition) is 4. The average molecular weight is 313 g/mol. The number of methoxy groups -OCH3 is 1. The zero-order chi connectivity index (χ0) is 16.5. The summed E-state index contributed by atoms with van der Waals surface area (Å²) < 4.78 is 10.1. The summed E-state index contributed by atoms with van der Waals surface area (Å²) in [5.41, 5.74) is 1.78. The Bertz CT molecular complexity index is 655. The number of nitrogens with one attached hydrogen (secondary N) is 1. The molecule has 0 heterocycles. The van der Waals surface area contributed by atoms with Crippen molar-refractivity contribution in [2.75, 3.05) is 19.0 Å². The second kappa shape index (κ2) is 8.58. The second-order valence-electron chi connectivity index (χ2n) is 4.91. The molecule has 23 heavy (non-hydrogen) atoms. The Kier molecular flexibility index (Phi) is 6.17. The number of amides is 1. The molecule has 0 fully saturated rings. The van der Waals surface area contributed by atoms with E-state index < -0.39 is 11.9 Å². The minimum atomic E-state index is -0.572. The van der Waals surface area contributed by atoms with Crippen molar-refractivity contribution in [2.45, 2.75) is 12.8 Å². The van der Waals surface area contributed by atoms with E-state index in [9.17, 15) is 9.59 Å². The largest absolute Gasteiger partial charge is 0.493 e. The molecule has 2 aromatic carbocycles. The SMILES string of the molecule is COC(=O)CC(=O)Nc1cccc(OCCc2ccccc2)c1. The predicted molar refractivity (Wildman–Crippen MR) is 87.3 cm³/mol. The fraction of sp³-hybridized carbons (Fsp3) is 0.222. The summed E-state index contributed by atoms with van der Waals surface area (Å²) in [4.78, 5) is 22.7. The maximum atomic E-state index is 11.6. The van der Waals surface area contributed by atoms with E-state index in [0.717, 1.165) is 6.42 Å². The molecular weight excluding hydrogens is 294 g/mol. The summed E-state index contributed by atoms with van der Waals surface area (Å²) in [7, 11) is 1.25. The van der Waals surface area contributed by atoms with Gasteiger partial charge in [-0.05, 0) is 17.7 Å². The molecule has 2 rings (SSSR count). The lowest BCUT2D eigenvalue weighted by Gasteiger charge is -2.09. The van der Waals surface area contributed by atoms with Crippen LogP contribution < -0.4 is 10.1 Å². The summed E-state index contributed by atoms with van der Waals surface area (Å²) in [5, 5.41) is 2.64. The molecule has 0 bridgehead atoms. The van der Waals surface area contributed by atoms with E-state index in [1.807, 2.05) is 36.4 Å². The van der Waals surface area contributed by atoms with Crippen LogP contribution in [0, 0.1) is 0 Å². The van der Waals surface area contributed by atoms with Gasteiger partial charge in [-0.25, -0.2) is 0 Å². The maximum Gasteiger partial charge on any atom is 0.315 e. The molecular formula is C18H19NO4. The van der Waals surface area contributed by atoms with Gasteiger partial charge in [0.2, 0.25) is 5.91 Å². The number of benzene rings is 2. The number of esters is 1. The number of rotatable bonds is 7. The third-order valence-electron chi connectivity index (χ3n) is 3.15. The van der Waals surface area contributed by atoms with E-state index in [4.69, 9.17) is 4.74 Å². The Morgan fingerprint density at radius 3 is 2.57 bits per heavy atom. The molecule has 1 amide bonds. The van der Waals surface area contributed by atoms with Gasteiger partial charge in [0, 0.05) is 18.2 Å². The van der Waals surface area contributed by atoms with Gasteiger partial charge in [0.05, 0.1) is 13.7 Å². The van der Waals surface area contributed by atoms with Gasteiger partial charge in [0.15, 0.2) is 0 Å². The number of hydrogen-bond donors (Lipinski definition) is 1. The van der Waals surface area contributed by atoms with Crippen molar-refractivity contribution in [2.24, 2.45) is 0 Å². The Hall–Kier alpha value is -2.82. The van der Waals surface area contributed by atoms with Crippen LogP contribution in [0.4, 0.5) is 5.69 Å². The fourth-order valence-corrected chi connectivity index (χ4v) is 2.00. The van der Waals surface area contributed by atoms with Gasteiger partial charge in [-0.15, -0.1) is 0 Å². The van der Waals surface area contributed by atoms with Crippen LogP contribution in [-0.4, -0.2) is 25.6 Å². The molecule has 0 radical (unpaired) electrons. The number of ether oxygens (including phenoxy) is 2. The lowest BCUT2D eigenvalue weighted by Crippen LogP contribution is -2.17. The monoisotopic (exact) mass is 313 g/mol. The summed E-state index contributed by atoms with van der Waals surface area (Å²) in [6.45, 7) is 0.545. The minimum absolute atomic E-state index is 0.310. The molecule has 2 aromatic rings. The lowest BCUT2D eigenvalue weighted by molar-refractivity contribution is -0.142. The second-order valence-corrected chi connectivity index (χ2v) is 4.91. The van der Waals surface area contributed by atoms with Gasteiger partial charge in [-0.2, -0.15) is 0 Å². The molecule has 0 aliphatic rings. The van der Waals surface area contributed by atoms with Gasteiger partial charge in [0.25, 0.3) is 0 Å². The quantitative estimate of drug-likeness (QED) is 0.630. The smallest absolute Gasteiger partial charge is 0.315 e. The van der Waals surface area contributed by atoms with Gasteiger partial charge >= 0.3 is 5.97 Å². The normalized spacial score (nSPS) is 9.96. The number of carbonyl (C=O) groups is 2. The summed E-state index contributed by atoms with van der Waals surface area (Å²) in [6.07, 6.45) is 0.495. The topological polar surface area (TPSA) is 64.6 Å². The summed E-state index contributed by atoms with van der Waals surface area (Å²) in [6, 6.07) is 17.1. The van der Waals surface area contributed by atoms with Crippen molar-refractivity contribution in [3.8, 4) is 5.75 Å². The van der Waals surface area contributed by atoms with Crippen LogP contribution in [-0.2, 0) is 20.7 Å². The Balaban J connectivity index is 1.84. The van der Waals surface area contributed by atoms with Gasteiger partial charge in [-0.1, -0.05) is 36.4 Å². The minimum Gasteiger partial charge on any atom is -0.493 e. The molecule has 120 valence electrons. The molecule has 5 heteroatoms. The van der Waals surface area contributed by atoms with Crippen molar-refractivity contribution >= 4 is 17.6 Å². The molecule has 0 unspecified atom stereocenters. The molecule has 0 saturated carbocycles. The molecule has 0 spiro atoms. The summed E-state index contributed by atoms with van der Waals surface area (Å²) >= 11 is 0. The Labute approximate surface area is 135 Å². The highest BCUT2D eigenvalue weighted by atomic mass is 16.5. The molecule has 5 nitrogen and oxygen atoms in total. The highest BCUT2D eigenvalue weighted by Gasteiger charge is 2.09. The van der Waals surface area contributed by atoms with E-state index in [2.05, 4.69) is 10.1 Å². The highest BCUT2D eigenvalue weighted by molar-refractivity contribution is 6.01. The zero-order valence-electron chi connectivity index (χ0n) is 13.0. The molecule has 0 saturated heterocycles. The first-order valence-corrected chi connectivity index (χ1v) is 7.31. The van der Waals surface area contributed by atoms with Crippen LogP contribution in [0.15, 0.2) is 54.6 Å².